The third kappa shape index (κ3) is 1.63. The van der Waals surface area contributed by atoms with Gasteiger partial charge in [0, 0.05) is 18.8 Å². The van der Waals surface area contributed by atoms with Gasteiger partial charge in [-0.25, -0.2) is 0 Å². The van der Waals surface area contributed by atoms with Gasteiger partial charge in [-0.2, -0.15) is 0 Å². The van der Waals surface area contributed by atoms with Crippen molar-refractivity contribution in [3.05, 3.63) is 0 Å². The molecule has 1 aliphatic heterocycles. The third-order valence-electron chi connectivity index (χ3n) is 3.11. The Morgan fingerprint density at radius 3 is 2.77 bits per heavy atom. The summed E-state index contributed by atoms with van der Waals surface area (Å²) in [5.74, 6) is -0.0969. The summed E-state index contributed by atoms with van der Waals surface area (Å²) in [5, 5.41) is 0. The molecule has 1 heterocycles. The SMILES string of the molecule is O=CC[C@@H]1CCCCC12OCCO2. The maximum Gasteiger partial charge on any atom is 0.171 e. The second kappa shape index (κ2) is 3.76. The fourth-order valence-corrected chi connectivity index (χ4v) is 2.45. The number of carbonyl (C=O) groups is 1. The van der Waals surface area contributed by atoms with Crippen LogP contribution in [0.25, 0.3) is 0 Å². The molecule has 13 heavy (non-hydrogen) atoms. The van der Waals surface area contributed by atoms with Crippen LogP contribution >= 0.6 is 0 Å². The van der Waals surface area contributed by atoms with Gasteiger partial charge in [-0.3, -0.25) is 0 Å². The number of hydrogen-bond donors (Lipinski definition) is 0. The Morgan fingerprint density at radius 2 is 2.08 bits per heavy atom. The summed E-state index contributed by atoms with van der Waals surface area (Å²) in [5.41, 5.74) is 0. The lowest BCUT2D eigenvalue weighted by Gasteiger charge is -2.38. The summed E-state index contributed by atoms with van der Waals surface area (Å²) in [6.45, 7) is 1.38. The lowest BCUT2D eigenvalue weighted by molar-refractivity contribution is -0.212. The Hall–Kier alpha value is -0.410. The topological polar surface area (TPSA) is 35.5 Å². The van der Waals surface area contributed by atoms with Crippen molar-refractivity contribution < 1.29 is 14.3 Å². The van der Waals surface area contributed by atoms with E-state index in [2.05, 4.69) is 0 Å². The summed E-state index contributed by atoms with van der Waals surface area (Å²) in [7, 11) is 0. The van der Waals surface area contributed by atoms with E-state index in [0.717, 1.165) is 25.5 Å². The first-order chi connectivity index (χ1) is 6.37. The largest absolute Gasteiger partial charge is 0.347 e. The molecule has 1 atom stereocenters. The number of aldehydes is 1. The first-order valence-electron chi connectivity index (χ1n) is 5.09. The molecule has 74 valence electrons. The molecule has 0 aromatic rings. The monoisotopic (exact) mass is 184 g/mol. The van der Waals surface area contributed by atoms with Gasteiger partial charge >= 0.3 is 0 Å². The van der Waals surface area contributed by atoms with Crippen molar-refractivity contribution in [1.82, 2.24) is 0 Å². The molecule has 0 unspecified atom stereocenters. The van der Waals surface area contributed by atoms with Gasteiger partial charge in [-0.1, -0.05) is 6.42 Å². The van der Waals surface area contributed by atoms with E-state index in [-0.39, 0.29) is 5.79 Å². The van der Waals surface area contributed by atoms with Crippen molar-refractivity contribution >= 4 is 6.29 Å². The van der Waals surface area contributed by atoms with Crippen LogP contribution in [0.5, 0.6) is 0 Å². The second-order valence-electron chi connectivity index (χ2n) is 3.85. The quantitative estimate of drug-likeness (QED) is 0.610. The molecule has 1 saturated carbocycles. The predicted octanol–water partition coefficient (Wildman–Crippen LogP) is 1.51. The van der Waals surface area contributed by atoms with Crippen molar-refractivity contribution in [2.75, 3.05) is 13.2 Å². The van der Waals surface area contributed by atoms with Crippen molar-refractivity contribution in [2.45, 2.75) is 37.9 Å². The van der Waals surface area contributed by atoms with E-state index in [0.29, 0.717) is 25.6 Å². The Kier molecular flexibility index (Phi) is 2.65. The minimum absolute atomic E-state index is 0.293. The van der Waals surface area contributed by atoms with E-state index in [1.54, 1.807) is 0 Å². The van der Waals surface area contributed by atoms with E-state index in [1.165, 1.54) is 6.42 Å². The fourth-order valence-electron chi connectivity index (χ4n) is 2.45. The molecule has 1 spiro atoms. The molecule has 0 aromatic carbocycles. The summed E-state index contributed by atoms with van der Waals surface area (Å²) in [4.78, 5) is 10.5. The number of carbonyl (C=O) groups excluding carboxylic acids is 1. The molecule has 3 heteroatoms. The Labute approximate surface area is 78.4 Å². The van der Waals surface area contributed by atoms with Gasteiger partial charge in [0.2, 0.25) is 0 Å². The minimum Gasteiger partial charge on any atom is -0.347 e. The standard InChI is InChI=1S/C10H16O3/c11-6-4-9-3-1-2-5-10(9)12-7-8-13-10/h6,9H,1-5,7-8H2/t9-/m0/s1. The highest BCUT2D eigenvalue weighted by Gasteiger charge is 2.45. The summed E-state index contributed by atoms with van der Waals surface area (Å²) in [6.07, 6.45) is 5.97. The Balaban J connectivity index is 2.06. The smallest absolute Gasteiger partial charge is 0.171 e. The van der Waals surface area contributed by atoms with E-state index in [9.17, 15) is 4.79 Å². The van der Waals surface area contributed by atoms with Crippen LogP contribution in [0.15, 0.2) is 0 Å². The van der Waals surface area contributed by atoms with Gasteiger partial charge in [-0.05, 0) is 12.8 Å². The summed E-state index contributed by atoms with van der Waals surface area (Å²) < 4.78 is 11.3. The molecule has 0 N–H and O–H groups in total. The lowest BCUT2D eigenvalue weighted by atomic mass is 9.81. The zero-order valence-electron chi connectivity index (χ0n) is 7.83. The molecule has 0 radical (unpaired) electrons. The average Bonchev–Trinajstić information content (AvgIpc) is 2.59. The molecule has 1 saturated heterocycles. The Morgan fingerprint density at radius 1 is 1.31 bits per heavy atom. The molecule has 1 aliphatic carbocycles. The highest BCUT2D eigenvalue weighted by Crippen LogP contribution is 2.41. The second-order valence-corrected chi connectivity index (χ2v) is 3.85. The van der Waals surface area contributed by atoms with Gasteiger partial charge in [-0.15, -0.1) is 0 Å². The van der Waals surface area contributed by atoms with Gasteiger partial charge in [0.15, 0.2) is 5.79 Å². The van der Waals surface area contributed by atoms with E-state index in [1.807, 2.05) is 0 Å². The fraction of sp³-hybridized carbons (Fsp3) is 0.900. The normalized spacial score (nSPS) is 32.2. The summed E-state index contributed by atoms with van der Waals surface area (Å²) in [6, 6.07) is 0. The Bertz CT molecular complexity index is 185. The first-order valence-corrected chi connectivity index (χ1v) is 5.09. The maximum atomic E-state index is 10.5. The van der Waals surface area contributed by atoms with Crippen molar-refractivity contribution in [3.8, 4) is 0 Å². The van der Waals surface area contributed by atoms with Crippen molar-refractivity contribution in [2.24, 2.45) is 5.92 Å². The van der Waals surface area contributed by atoms with Crippen LogP contribution in [0.4, 0.5) is 0 Å². The zero-order chi connectivity index (χ0) is 9.15. The zero-order valence-corrected chi connectivity index (χ0v) is 7.83. The number of hydrogen-bond acceptors (Lipinski definition) is 3. The maximum absolute atomic E-state index is 10.5. The van der Waals surface area contributed by atoms with Crippen LogP contribution in [-0.2, 0) is 14.3 Å². The van der Waals surface area contributed by atoms with Crippen LogP contribution in [0.2, 0.25) is 0 Å². The van der Waals surface area contributed by atoms with Crippen LogP contribution in [0.1, 0.15) is 32.1 Å². The molecular formula is C10H16O3. The van der Waals surface area contributed by atoms with E-state index >= 15 is 0 Å². The van der Waals surface area contributed by atoms with Crippen LogP contribution in [-0.4, -0.2) is 25.3 Å². The molecule has 0 bridgehead atoms. The molecule has 0 aromatic heterocycles. The third-order valence-corrected chi connectivity index (χ3v) is 3.11. The predicted molar refractivity (Wildman–Crippen MR) is 47.3 cm³/mol. The minimum atomic E-state index is -0.390. The van der Waals surface area contributed by atoms with Crippen molar-refractivity contribution in [1.29, 1.82) is 0 Å². The van der Waals surface area contributed by atoms with E-state index < -0.39 is 0 Å². The number of rotatable bonds is 2. The highest BCUT2D eigenvalue weighted by molar-refractivity contribution is 5.50. The van der Waals surface area contributed by atoms with Crippen LogP contribution in [0.3, 0.4) is 0 Å². The molecule has 3 nitrogen and oxygen atoms in total. The highest BCUT2D eigenvalue weighted by atomic mass is 16.7. The average molecular weight is 184 g/mol. The van der Waals surface area contributed by atoms with Gasteiger partial charge in [0.05, 0.1) is 13.2 Å². The van der Waals surface area contributed by atoms with Crippen LogP contribution in [0, 0.1) is 5.92 Å². The first kappa shape index (κ1) is 9.16. The van der Waals surface area contributed by atoms with Crippen LogP contribution < -0.4 is 0 Å². The van der Waals surface area contributed by atoms with Gasteiger partial charge in [0.1, 0.15) is 6.29 Å². The molecular weight excluding hydrogens is 168 g/mol. The van der Waals surface area contributed by atoms with Gasteiger partial charge < -0.3 is 14.3 Å². The van der Waals surface area contributed by atoms with Crippen molar-refractivity contribution in [3.63, 3.8) is 0 Å². The molecule has 2 rings (SSSR count). The number of ether oxygens (including phenoxy) is 2. The lowest BCUT2D eigenvalue weighted by Crippen LogP contribution is -2.42. The molecule has 2 aliphatic rings. The summed E-state index contributed by atoms with van der Waals surface area (Å²) >= 11 is 0. The molecule has 0 amide bonds. The molecule has 2 fully saturated rings. The van der Waals surface area contributed by atoms with Gasteiger partial charge in [0.25, 0.3) is 0 Å². The van der Waals surface area contributed by atoms with E-state index in [4.69, 9.17) is 9.47 Å².